The van der Waals surface area contributed by atoms with Crippen LogP contribution in [0.2, 0.25) is 0 Å². The lowest BCUT2D eigenvalue weighted by molar-refractivity contribution is 0.280. The zero-order chi connectivity index (χ0) is 15.8. The summed E-state index contributed by atoms with van der Waals surface area (Å²) in [5.74, 6) is 1.84. The summed E-state index contributed by atoms with van der Waals surface area (Å²) < 4.78 is 6.02. The molecule has 22 heavy (non-hydrogen) atoms. The van der Waals surface area contributed by atoms with Gasteiger partial charge in [-0.25, -0.2) is 0 Å². The van der Waals surface area contributed by atoms with Gasteiger partial charge in [0, 0.05) is 0 Å². The number of rotatable bonds is 9. The van der Waals surface area contributed by atoms with Crippen LogP contribution in [-0.4, -0.2) is 31.1 Å². The van der Waals surface area contributed by atoms with Crippen LogP contribution in [0.3, 0.4) is 0 Å². The van der Waals surface area contributed by atoms with Crippen molar-refractivity contribution in [3.63, 3.8) is 0 Å². The van der Waals surface area contributed by atoms with Crippen molar-refractivity contribution >= 4 is 0 Å². The summed E-state index contributed by atoms with van der Waals surface area (Å²) in [6, 6.07) is 6.74. The third-order valence-electron chi connectivity index (χ3n) is 4.96. The molecule has 1 aromatic rings. The maximum absolute atomic E-state index is 6.02. The van der Waals surface area contributed by atoms with E-state index in [0.29, 0.717) is 0 Å². The molecule has 1 unspecified atom stereocenters. The molecule has 0 aliphatic carbocycles. The summed E-state index contributed by atoms with van der Waals surface area (Å²) in [6.45, 7) is 11.4. The van der Waals surface area contributed by atoms with E-state index in [2.05, 4.69) is 43.9 Å². The number of aryl methyl sites for hydroxylation is 2. The Hall–Kier alpha value is -1.02. The molecule has 0 bridgehead atoms. The van der Waals surface area contributed by atoms with Gasteiger partial charge in [0.1, 0.15) is 5.75 Å². The SMILES string of the molecule is CCC(C)CCOc1cc(CCCN2CCCC2)ccc1C. The van der Waals surface area contributed by atoms with Crippen LogP contribution in [0.15, 0.2) is 18.2 Å². The topological polar surface area (TPSA) is 12.5 Å². The highest BCUT2D eigenvalue weighted by Gasteiger charge is 2.10. The summed E-state index contributed by atoms with van der Waals surface area (Å²) in [6.07, 6.45) is 7.58. The van der Waals surface area contributed by atoms with Crippen molar-refractivity contribution in [1.82, 2.24) is 4.90 Å². The lowest BCUT2D eigenvalue weighted by atomic mass is 10.1. The van der Waals surface area contributed by atoms with Gasteiger partial charge in [-0.15, -0.1) is 0 Å². The fraction of sp³-hybridized carbons (Fsp3) is 0.700. The number of ether oxygens (including phenoxy) is 1. The molecule has 0 aromatic heterocycles. The van der Waals surface area contributed by atoms with Crippen molar-refractivity contribution < 1.29 is 4.74 Å². The van der Waals surface area contributed by atoms with Crippen molar-refractivity contribution in [2.75, 3.05) is 26.2 Å². The van der Waals surface area contributed by atoms with E-state index in [9.17, 15) is 0 Å². The largest absolute Gasteiger partial charge is 0.493 e. The van der Waals surface area contributed by atoms with E-state index in [0.717, 1.165) is 24.7 Å². The molecule has 2 heteroatoms. The van der Waals surface area contributed by atoms with E-state index in [1.807, 2.05) is 0 Å². The van der Waals surface area contributed by atoms with Gasteiger partial charge in [-0.3, -0.25) is 0 Å². The molecule has 1 fully saturated rings. The van der Waals surface area contributed by atoms with Gasteiger partial charge >= 0.3 is 0 Å². The average Bonchev–Trinajstić information content (AvgIpc) is 3.03. The van der Waals surface area contributed by atoms with Gasteiger partial charge in [-0.2, -0.15) is 0 Å². The van der Waals surface area contributed by atoms with Crippen LogP contribution in [0.5, 0.6) is 5.75 Å². The zero-order valence-corrected chi connectivity index (χ0v) is 14.7. The van der Waals surface area contributed by atoms with Crippen LogP contribution in [0.1, 0.15) is 57.1 Å². The first kappa shape index (κ1) is 17.3. The average molecular weight is 303 g/mol. The van der Waals surface area contributed by atoms with Crippen LogP contribution in [0, 0.1) is 12.8 Å². The summed E-state index contributed by atoms with van der Waals surface area (Å²) >= 11 is 0. The maximum Gasteiger partial charge on any atom is 0.122 e. The van der Waals surface area contributed by atoms with Gasteiger partial charge < -0.3 is 9.64 Å². The molecule has 1 aliphatic rings. The number of benzene rings is 1. The van der Waals surface area contributed by atoms with Crippen molar-refractivity contribution in [2.45, 2.75) is 59.3 Å². The number of nitrogens with zero attached hydrogens (tertiary/aromatic N) is 1. The molecule has 124 valence electrons. The Morgan fingerprint density at radius 1 is 1.23 bits per heavy atom. The van der Waals surface area contributed by atoms with Crippen LogP contribution in [0.25, 0.3) is 0 Å². The van der Waals surface area contributed by atoms with Gasteiger partial charge in [-0.1, -0.05) is 32.4 Å². The number of hydrogen-bond donors (Lipinski definition) is 0. The summed E-state index contributed by atoms with van der Waals surface area (Å²) in [7, 11) is 0. The van der Waals surface area contributed by atoms with E-state index in [1.165, 1.54) is 62.9 Å². The Labute approximate surface area is 136 Å². The zero-order valence-electron chi connectivity index (χ0n) is 14.7. The van der Waals surface area contributed by atoms with Gasteiger partial charge in [0.15, 0.2) is 0 Å². The molecule has 0 radical (unpaired) electrons. The van der Waals surface area contributed by atoms with Crippen LogP contribution in [0.4, 0.5) is 0 Å². The predicted octanol–water partition coefficient (Wildman–Crippen LogP) is 4.84. The van der Waals surface area contributed by atoms with Crippen LogP contribution in [-0.2, 0) is 6.42 Å². The van der Waals surface area contributed by atoms with E-state index in [-0.39, 0.29) is 0 Å². The molecular weight excluding hydrogens is 270 g/mol. The molecule has 2 nitrogen and oxygen atoms in total. The molecular formula is C20H33NO. The quantitative estimate of drug-likeness (QED) is 0.647. The summed E-state index contributed by atoms with van der Waals surface area (Å²) in [5, 5.41) is 0. The number of hydrogen-bond acceptors (Lipinski definition) is 2. The van der Waals surface area contributed by atoms with Crippen molar-refractivity contribution in [1.29, 1.82) is 0 Å². The monoisotopic (exact) mass is 303 g/mol. The first-order valence-corrected chi connectivity index (χ1v) is 9.13. The lowest BCUT2D eigenvalue weighted by Gasteiger charge is -2.15. The standard InChI is InChI=1S/C20H33NO/c1-4-17(2)11-15-22-20-16-19(10-9-18(20)3)8-7-14-21-12-5-6-13-21/h9-10,16-17H,4-8,11-15H2,1-3H3. The molecule has 0 N–H and O–H groups in total. The normalized spacial score (nSPS) is 16.9. The fourth-order valence-electron chi connectivity index (χ4n) is 3.04. The molecule has 1 atom stereocenters. The van der Waals surface area contributed by atoms with Crippen molar-refractivity contribution in [3.05, 3.63) is 29.3 Å². The highest BCUT2D eigenvalue weighted by Crippen LogP contribution is 2.21. The summed E-state index contributed by atoms with van der Waals surface area (Å²) in [5.41, 5.74) is 2.68. The minimum Gasteiger partial charge on any atom is -0.493 e. The molecule has 1 heterocycles. The van der Waals surface area contributed by atoms with Crippen molar-refractivity contribution in [3.8, 4) is 5.75 Å². The molecule has 1 aliphatic heterocycles. The highest BCUT2D eigenvalue weighted by atomic mass is 16.5. The molecule has 0 amide bonds. The van der Waals surface area contributed by atoms with E-state index < -0.39 is 0 Å². The first-order valence-electron chi connectivity index (χ1n) is 9.13. The fourth-order valence-corrected chi connectivity index (χ4v) is 3.04. The molecule has 1 saturated heterocycles. The highest BCUT2D eigenvalue weighted by molar-refractivity contribution is 5.36. The smallest absolute Gasteiger partial charge is 0.122 e. The van der Waals surface area contributed by atoms with E-state index in [4.69, 9.17) is 4.74 Å². The van der Waals surface area contributed by atoms with Crippen LogP contribution < -0.4 is 4.74 Å². The Morgan fingerprint density at radius 3 is 2.73 bits per heavy atom. The second-order valence-corrected chi connectivity index (χ2v) is 6.90. The third kappa shape index (κ3) is 5.64. The first-order chi connectivity index (χ1) is 10.7. The minimum atomic E-state index is 0.754. The van der Waals surface area contributed by atoms with E-state index in [1.54, 1.807) is 0 Å². The molecule has 0 spiro atoms. The lowest BCUT2D eigenvalue weighted by Crippen LogP contribution is -2.20. The second-order valence-electron chi connectivity index (χ2n) is 6.90. The van der Waals surface area contributed by atoms with Gasteiger partial charge in [0.25, 0.3) is 0 Å². The molecule has 0 saturated carbocycles. The van der Waals surface area contributed by atoms with Gasteiger partial charge in [0.2, 0.25) is 0 Å². The van der Waals surface area contributed by atoms with Crippen LogP contribution >= 0.6 is 0 Å². The van der Waals surface area contributed by atoms with Gasteiger partial charge in [-0.05, 0) is 81.8 Å². The minimum absolute atomic E-state index is 0.754. The van der Waals surface area contributed by atoms with E-state index >= 15 is 0 Å². The predicted molar refractivity (Wildman–Crippen MR) is 94.7 cm³/mol. The Bertz CT molecular complexity index is 437. The maximum atomic E-state index is 6.02. The van der Waals surface area contributed by atoms with Crippen molar-refractivity contribution in [2.24, 2.45) is 5.92 Å². The summed E-state index contributed by atoms with van der Waals surface area (Å²) in [4.78, 5) is 2.59. The second kappa shape index (κ2) is 9.19. The molecule has 2 rings (SSSR count). The Balaban J connectivity index is 1.78. The van der Waals surface area contributed by atoms with Gasteiger partial charge in [0.05, 0.1) is 6.61 Å². The molecule has 1 aromatic carbocycles. The number of likely N-dealkylation sites (tertiary alicyclic amines) is 1. The Kier molecular flexibility index (Phi) is 7.24. The third-order valence-corrected chi connectivity index (χ3v) is 4.96. The Morgan fingerprint density at radius 2 is 2.00 bits per heavy atom.